The maximum atomic E-state index is 11.7. The smallest absolute Gasteiger partial charge is 0.317 e. The van der Waals surface area contributed by atoms with E-state index in [0.717, 1.165) is 32.4 Å². The number of nitrogens with zero attached hydrogens (tertiary/aromatic N) is 1. The van der Waals surface area contributed by atoms with Crippen LogP contribution in [0.15, 0.2) is 0 Å². The topological polar surface area (TPSA) is 58.4 Å². The Bertz CT molecular complexity index is 210. The molecular formula is C11H23N3O. The van der Waals surface area contributed by atoms with Crippen LogP contribution in [0.25, 0.3) is 0 Å². The first-order valence-electron chi connectivity index (χ1n) is 5.78. The molecule has 0 radical (unpaired) electrons. The molecule has 0 aliphatic carbocycles. The third-order valence-corrected chi connectivity index (χ3v) is 2.93. The highest BCUT2D eigenvalue weighted by Crippen LogP contribution is 2.18. The summed E-state index contributed by atoms with van der Waals surface area (Å²) in [6, 6.07) is 0.0811. The van der Waals surface area contributed by atoms with Crippen LogP contribution in [-0.4, -0.2) is 37.1 Å². The molecule has 0 aromatic rings. The van der Waals surface area contributed by atoms with Gasteiger partial charge in [0.05, 0.1) is 0 Å². The van der Waals surface area contributed by atoms with Gasteiger partial charge in [-0.05, 0) is 31.2 Å². The molecule has 1 heterocycles. The van der Waals surface area contributed by atoms with Crippen molar-refractivity contribution in [1.82, 2.24) is 10.2 Å². The first-order chi connectivity index (χ1) is 7.05. The van der Waals surface area contributed by atoms with Crippen molar-refractivity contribution in [3.05, 3.63) is 0 Å². The monoisotopic (exact) mass is 213 g/mol. The van der Waals surface area contributed by atoms with E-state index < -0.39 is 0 Å². The zero-order valence-corrected chi connectivity index (χ0v) is 9.88. The first kappa shape index (κ1) is 12.3. The molecule has 0 saturated carbocycles. The molecular weight excluding hydrogens is 190 g/mol. The molecule has 0 spiro atoms. The van der Waals surface area contributed by atoms with Crippen LogP contribution >= 0.6 is 0 Å². The van der Waals surface area contributed by atoms with Crippen molar-refractivity contribution in [2.75, 3.05) is 26.2 Å². The molecule has 1 saturated heterocycles. The highest BCUT2D eigenvalue weighted by molar-refractivity contribution is 5.74. The lowest BCUT2D eigenvalue weighted by molar-refractivity contribution is 0.201. The Labute approximate surface area is 92.2 Å². The number of hydrogen-bond donors (Lipinski definition) is 2. The van der Waals surface area contributed by atoms with Crippen molar-refractivity contribution in [3.63, 3.8) is 0 Å². The SMILES string of the molecule is CC(C)(CCN)CNC(=O)N1CCCC1. The fourth-order valence-electron chi connectivity index (χ4n) is 1.83. The summed E-state index contributed by atoms with van der Waals surface area (Å²) in [6.07, 6.45) is 3.21. The molecule has 0 atom stereocenters. The van der Waals surface area contributed by atoms with Crippen LogP contribution in [0.2, 0.25) is 0 Å². The molecule has 0 unspecified atom stereocenters. The molecule has 3 N–H and O–H groups in total. The molecule has 1 aliphatic rings. The molecule has 15 heavy (non-hydrogen) atoms. The number of likely N-dealkylation sites (tertiary alicyclic amines) is 1. The summed E-state index contributed by atoms with van der Waals surface area (Å²) >= 11 is 0. The summed E-state index contributed by atoms with van der Waals surface area (Å²) in [5.41, 5.74) is 5.62. The van der Waals surface area contributed by atoms with E-state index in [4.69, 9.17) is 5.73 Å². The van der Waals surface area contributed by atoms with Crippen LogP contribution in [-0.2, 0) is 0 Å². The van der Waals surface area contributed by atoms with Gasteiger partial charge in [-0.3, -0.25) is 0 Å². The van der Waals surface area contributed by atoms with E-state index >= 15 is 0 Å². The van der Waals surface area contributed by atoms with Crippen molar-refractivity contribution in [3.8, 4) is 0 Å². The van der Waals surface area contributed by atoms with Crippen molar-refractivity contribution in [2.45, 2.75) is 33.1 Å². The van der Waals surface area contributed by atoms with Gasteiger partial charge < -0.3 is 16.0 Å². The van der Waals surface area contributed by atoms with E-state index in [1.165, 1.54) is 0 Å². The van der Waals surface area contributed by atoms with Gasteiger partial charge in [0.25, 0.3) is 0 Å². The number of nitrogens with two attached hydrogens (primary N) is 1. The van der Waals surface area contributed by atoms with Gasteiger partial charge in [-0.2, -0.15) is 0 Å². The van der Waals surface area contributed by atoms with E-state index in [-0.39, 0.29) is 11.4 Å². The second-order valence-corrected chi connectivity index (χ2v) is 5.06. The summed E-state index contributed by atoms with van der Waals surface area (Å²) in [5, 5.41) is 2.98. The third-order valence-electron chi connectivity index (χ3n) is 2.93. The number of carbonyl (C=O) groups is 1. The van der Waals surface area contributed by atoms with Gasteiger partial charge in [-0.1, -0.05) is 13.8 Å². The first-order valence-corrected chi connectivity index (χ1v) is 5.78. The van der Waals surface area contributed by atoms with Crippen molar-refractivity contribution in [2.24, 2.45) is 11.1 Å². The fourth-order valence-corrected chi connectivity index (χ4v) is 1.83. The van der Waals surface area contributed by atoms with Crippen LogP contribution in [0.5, 0.6) is 0 Å². The van der Waals surface area contributed by atoms with Crippen LogP contribution < -0.4 is 11.1 Å². The van der Waals surface area contributed by atoms with Crippen LogP contribution in [0.3, 0.4) is 0 Å². The maximum absolute atomic E-state index is 11.7. The molecule has 0 bridgehead atoms. The minimum Gasteiger partial charge on any atom is -0.337 e. The summed E-state index contributed by atoms with van der Waals surface area (Å²) in [5.74, 6) is 0. The summed E-state index contributed by atoms with van der Waals surface area (Å²) in [4.78, 5) is 13.6. The second kappa shape index (κ2) is 5.35. The van der Waals surface area contributed by atoms with Crippen molar-refractivity contribution in [1.29, 1.82) is 0 Å². The predicted octanol–water partition coefficient (Wildman–Crippen LogP) is 1.17. The van der Waals surface area contributed by atoms with Crippen LogP contribution in [0.4, 0.5) is 4.79 Å². The third kappa shape index (κ3) is 4.08. The Hall–Kier alpha value is -0.770. The number of urea groups is 1. The van der Waals surface area contributed by atoms with Gasteiger partial charge in [0.1, 0.15) is 0 Å². The van der Waals surface area contributed by atoms with Gasteiger partial charge in [-0.15, -0.1) is 0 Å². The highest BCUT2D eigenvalue weighted by Gasteiger charge is 2.21. The molecule has 4 nitrogen and oxygen atoms in total. The summed E-state index contributed by atoms with van der Waals surface area (Å²) in [7, 11) is 0. The molecule has 0 aromatic carbocycles. The van der Waals surface area contributed by atoms with E-state index in [2.05, 4.69) is 19.2 Å². The molecule has 1 rings (SSSR count). The molecule has 2 amide bonds. The van der Waals surface area contributed by atoms with Gasteiger partial charge in [0.15, 0.2) is 0 Å². The maximum Gasteiger partial charge on any atom is 0.317 e. The van der Waals surface area contributed by atoms with Gasteiger partial charge >= 0.3 is 6.03 Å². The van der Waals surface area contributed by atoms with Crippen LogP contribution in [0, 0.1) is 5.41 Å². The lowest BCUT2D eigenvalue weighted by Crippen LogP contribution is -2.42. The number of nitrogens with one attached hydrogen (secondary N) is 1. The number of hydrogen-bond acceptors (Lipinski definition) is 2. The van der Waals surface area contributed by atoms with E-state index in [9.17, 15) is 4.79 Å². The largest absolute Gasteiger partial charge is 0.337 e. The molecule has 1 aliphatic heterocycles. The van der Waals surface area contributed by atoms with E-state index in [1.807, 2.05) is 4.90 Å². The van der Waals surface area contributed by atoms with Crippen LogP contribution in [0.1, 0.15) is 33.1 Å². The predicted molar refractivity (Wildman–Crippen MR) is 61.7 cm³/mol. The Morgan fingerprint density at radius 1 is 1.40 bits per heavy atom. The minimum atomic E-state index is 0.0811. The number of carbonyl (C=O) groups excluding carboxylic acids is 1. The van der Waals surface area contributed by atoms with Gasteiger partial charge in [0, 0.05) is 19.6 Å². The lowest BCUT2D eigenvalue weighted by Gasteiger charge is -2.26. The van der Waals surface area contributed by atoms with Gasteiger partial charge in [-0.25, -0.2) is 4.79 Å². The fraction of sp³-hybridized carbons (Fsp3) is 0.909. The highest BCUT2D eigenvalue weighted by atomic mass is 16.2. The van der Waals surface area contributed by atoms with Crippen molar-refractivity contribution < 1.29 is 4.79 Å². The summed E-state index contributed by atoms with van der Waals surface area (Å²) < 4.78 is 0. The Balaban J connectivity index is 2.26. The number of rotatable bonds is 4. The average molecular weight is 213 g/mol. The summed E-state index contributed by atoms with van der Waals surface area (Å²) in [6.45, 7) is 7.45. The average Bonchev–Trinajstić information content (AvgIpc) is 2.67. The van der Waals surface area contributed by atoms with Gasteiger partial charge in [0.2, 0.25) is 0 Å². The second-order valence-electron chi connectivity index (χ2n) is 5.06. The Morgan fingerprint density at radius 3 is 2.53 bits per heavy atom. The zero-order valence-electron chi connectivity index (χ0n) is 9.88. The Kier molecular flexibility index (Phi) is 4.39. The normalized spacial score (nSPS) is 16.9. The molecule has 88 valence electrons. The Morgan fingerprint density at radius 2 is 2.00 bits per heavy atom. The van der Waals surface area contributed by atoms with E-state index in [1.54, 1.807) is 0 Å². The standard InChI is InChI=1S/C11H23N3O/c1-11(2,5-6-12)9-13-10(15)14-7-3-4-8-14/h3-9,12H2,1-2H3,(H,13,15). The molecule has 1 fully saturated rings. The molecule has 0 aromatic heterocycles. The minimum absolute atomic E-state index is 0.0811. The molecule has 4 heteroatoms. The lowest BCUT2D eigenvalue weighted by atomic mass is 9.89. The quantitative estimate of drug-likeness (QED) is 0.736. The number of amides is 2. The van der Waals surface area contributed by atoms with Crippen molar-refractivity contribution >= 4 is 6.03 Å². The zero-order chi connectivity index (χ0) is 11.3. The van der Waals surface area contributed by atoms with E-state index in [0.29, 0.717) is 13.1 Å².